The third-order valence-corrected chi connectivity index (χ3v) is 2.37. The lowest BCUT2D eigenvalue weighted by molar-refractivity contribution is -0.684. The van der Waals surface area contributed by atoms with Gasteiger partial charge in [0.25, 0.3) is 5.91 Å². The van der Waals surface area contributed by atoms with E-state index in [0.717, 1.165) is 12.1 Å². The van der Waals surface area contributed by atoms with E-state index >= 15 is 0 Å². The van der Waals surface area contributed by atoms with Crippen LogP contribution in [0.4, 0.5) is 14.5 Å². The molecule has 0 fully saturated rings. The molecule has 2 aromatic rings. The van der Waals surface area contributed by atoms with E-state index in [9.17, 15) is 18.7 Å². The molecule has 0 aliphatic heterocycles. The average molecular weight is 265 g/mol. The zero-order valence-corrected chi connectivity index (χ0v) is 9.81. The fraction of sp³-hybridized carbons (Fsp3) is 0.0769. The van der Waals surface area contributed by atoms with E-state index in [1.54, 1.807) is 12.3 Å². The maximum atomic E-state index is 13.3. The van der Waals surface area contributed by atoms with Gasteiger partial charge in [-0.3, -0.25) is 4.79 Å². The van der Waals surface area contributed by atoms with E-state index in [1.165, 1.54) is 16.8 Å². The van der Waals surface area contributed by atoms with Gasteiger partial charge in [0.2, 0.25) is 12.7 Å². The molecule has 1 heterocycles. The summed E-state index contributed by atoms with van der Waals surface area (Å²) < 4.78 is 27.4. The number of benzene rings is 1. The molecule has 2 rings (SSSR count). The fourth-order valence-electron chi connectivity index (χ4n) is 1.55. The molecule has 0 radical (unpaired) electrons. The van der Waals surface area contributed by atoms with Crippen molar-refractivity contribution in [2.45, 2.75) is 6.54 Å². The van der Waals surface area contributed by atoms with Crippen LogP contribution in [0, 0.1) is 11.6 Å². The highest BCUT2D eigenvalue weighted by Gasteiger charge is 2.12. The highest BCUT2D eigenvalue weighted by Crippen LogP contribution is 2.14. The lowest BCUT2D eigenvalue weighted by atomic mass is 10.3. The number of halogens is 2. The van der Waals surface area contributed by atoms with Gasteiger partial charge in [0.05, 0.1) is 5.69 Å². The van der Waals surface area contributed by atoms with Crippen molar-refractivity contribution in [2.75, 3.05) is 5.32 Å². The Balaban J connectivity index is 2.05. The van der Waals surface area contributed by atoms with Gasteiger partial charge in [0.1, 0.15) is 11.6 Å². The van der Waals surface area contributed by atoms with Crippen molar-refractivity contribution < 1.29 is 23.2 Å². The first-order chi connectivity index (χ1) is 9.04. The summed E-state index contributed by atoms with van der Waals surface area (Å²) in [5, 5.41) is 11.6. The average Bonchev–Trinajstić information content (AvgIpc) is 2.33. The maximum Gasteiger partial charge on any atom is 0.290 e. The predicted molar refractivity (Wildman–Crippen MR) is 63.3 cm³/mol. The van der Waals surface area contributed by atoms with Gasteiger partial charge in [-0.25, -0.2) is 8.78 Å². The molecule has 19 heavy (non-hydrogen) atoms. The van der Waals surface area contributed by atoms with Crippen LogP contribution in [0.15, 0.2) is 42.7 Å². The molecule has 2 N–H and O–H groups in total. The molecule has 0 atom stereocenters. The molecule has 0 spiro atoms. The Morgan fingerprint density at radius 1 is 1.32 bits per heavy atom. The van der Waals surface area contributed by atoms with Crippen molar-refractivity contribution in [3.8, 4) is 5.75 Å². The van der Waals surface area contributed by atoms with Crippen molar-refractivity contribution in [1.29, 1.82) is 0 Å². The van der Waals surface area contributed by atoms with Crippen LogP contribution in [0.1, 0.15) is 0 Å². The molecule has 6 heteroatoms. The topological polar surface area (TPSA) is 53.2 Å². The number of carbonyl (C=O) groups is 1. The number of amides is 1. The van der Waals surface area contributed by atoms with E-state index in [-0.39, 0.29) is 18.0 Å². The molecule has 0 aliphatic carbocycles. The summed E-state index contributed by atoms with van der Waals surface area (Å²) in [4.78, 5) is 11.7. The third-order valence-electron chi connectivity index (χ3n) is 2.37. The molecule has 0 saturated heterocycles. The molecule has 0 aliphatic rings. The molecule has 4 nitrogen and oxygen atoms in total. The normalized spacial score (nSPS) is 10.2. The van der Waals surface area contributed by atoms with Crippen LogP contribution in [-0.4, -0.2) is 11.0 Å². The van der Waals surface area contributed by atoms with Gasteiger partial charge in [0.15, 0.2) is 11.9 Å². The van der Waals surface area contributed by atoms with Crippen LogP contribution in [0.2, 0.25) is 0 Å². The minimum Gasteiger partial charge on any atom is -0.503 e. The number of anilines is 1. The van der Waals surface area contributed by atoms with Gasteiger partial charge in [-0.15, -0.1) is 0 Å². The standard InChI is InChI=1S/C13H10F2N2O2/c14-9-3-4-12(11(15)6-9)16-13(19)8-17-5-1-2-10(18)7-17/h1-7H,8H2,(H-,16,18,19)/p+1. The summed E-state index contributed by atoms with van der Waals surface area (Å²) in [5.74, 6) is -2.02. The minimum atomic E-state index is -0.839. The van der Waals surface area contributed by atoms with Crippen molar-refractivity contribution >= 4 is 11.6 Å². The number of hydrogen-bond donors (Lipinski definition) is 2. The molecule has 1 aromatic carbocycles. The molecule has 0 bridgehead atoms. The van der Waals surface area contributed by atoms with Gasteiger partial charge in [-0.05, 0) is 18.2 Å². The monoisotopic (exact) mass is 265 g/mol. The van der Waals surface area contributed by atoms with Crippen molar-refractivity contribution in [3.05, 3.63) is 54.4 Å². The second-order valence-electron chi connectivity index (χ2n) is 3.91. The Labute approximate surface area is 107 Å². The molecular formula is C13H11F2N2O2+. The molecular weight excluding hydrogens is 254 g/mol. The lowest BCUT2D eigenvalue weighted by Gasteiger charge is -2.04. The molecule has 1 aromatic heterocycles. The summed E-state index contributed by atoms with van der Waals surface area (Å²) in [6.45, 7) is -0.0920. The predicted octanol–water partition coefficient (Wildman–Crippen LogP) is 1.60. The smallest absolute Gasteiger partial charge is 0.290 e. The first-order valence-electron chi connectivity index (χ1n) is 5.47. The van der Waals surface area contributed by atoms with Crippen LogP contribution in [0.3, 0.4) is 0 Å². The quantitative estimate of drug-likeness (QED) is 0.828. The second kappa shape index (κ2) is 5.43. The van der Waals surface area contributed by atoms with Crippen LogP contribution in [0.25, 0.3) is 0 Å². The van der Waals surface area contributed by atoms with Gasteiger partial charge < -0.3 is 10.4 Å². The van der Waals surface area contributed by atoms with Crippen LogP contribution in [0.5, 0.6) is 5.75 Å². The van der Waals surface area contributed by atoms with Crippen LogP contribution < -0.4 is 9.88 Å². The van der Waals surface area contributed by atoms with E-state index in [2.05, 4.69) is 5.32 Å². The van der Waals surface area contributed by atoms with E-state index in [4.69, 9.17) is 0 Å². The van der Waals surface area contributed by atoms with E-state index in [1.807, 2.05) is 0 Å². The van der Waals surface area contributed by atoms with E-state index < -0.39 is 17.5 Å². The zero-order valence-electron chi connectivity index (χ0n) is 9.81. The second-order valence-corrected chi connectivity index (χ2v) is 3.91. The first-order valence-corrected chi connectivity index (χ1v) is 5.47. The van der Waals surface area contributed by atoms with Crippen molar-refractivity contribution in [3.63, 3.8) is 0 Å². The highest BCUT2D eigenvalue weighted by atomic mass is 19.1. The number of carbonyl (C=O) groups excluding carboxylic acids is 1. The number of nitrogens with one attached hydrogen (secondary N) is 1. The Morgan fingerprint density at radius 2 is 2.11 bits per heavy atom. The maximum absolute atomic E-state index is 13.3. The van der Waals surface area contributed by atoms with Gasteiger partial charge in [-0.1, -0.05) is 0 Å². The third kappa shape index (κ3) is 3.48. The Kier molecular flexibility index (Phi) is 3.70. The molecule has 98 valence electrons. The summed E-state index contributed by atoms with van der Waals surface area (Å²) in [6.07, 6.45) is 2.95. The Bertz CT molecular complexity index is 617. The van der Waals surface area contributed by atoms with E-state index in [0.29, 0.717) is 6.07 Å². The number of rotatable bonds is 3. The number of aromatic nitrogens is 1. The van der Waals surface area contributed by atoms with Gasteiger partial charge >= 0.3 is 0 Å². The van der Waals surface area contributed by atoms with Crippen LogP contribution in [-0.2, 0) is 11.3 Å². The summed E-state index contributed by atoms with van der Waals surface area (Å²) in [6, 6.07) is 5.93. The molecule has 0 saturated carbocycles. The lowest BCUT2D eigenvalue weighted by Crippen LogP contribution is -2.39. The van der Waals surface area contributed by atoms with Crippen molar-refractivity contribution in [1.82, 2.24) is 0 Å². The zero-order chi connectivity index (χ0) is 13.8. The van der Waals surface area contributed by atoms with Gasteiger partial charge in [-0.2, -0.15) is 4.57 Å². The Hall–Kier alpha value is -2.50. The highest BCUT2D eigenvalue weighted by molar-refractivity contribution is 5.89. The number of aromatic hydroxyl groups is 1. The minimum absolute atomic E-state index is 0.0169. The molecule has 1 amide bonds. The Morgan fingerprint density at radius 3 is 2.79 bits per heavy atom. The summed E-state index contributed by atoms with van der Waals surface area (Å²) in [7, 11) is 0. The SMILES string of the molecule is O=C(C[n+]1cccc(O)c1)Nc1ccc(F)cc1F. The number of pyridine rings is 1. The largest absolute Gasteiger partial charge is 0.503 e. The number of hydrogen-bond acceptors (Lipinski definition) is 2. The first kappa shape index (κ1) is 12.9. The summed E-state index contributed by atoms with van der Waals surface area (Å²) in [5.41, 5.74) is -0.0906. The molecule has 0 unspecified atom stereocenters. The van der Waals surface area contributed by atoms with Crippen LogP contribution >= 0.6 is 0 Å². The fourth-order valence-corrected chi connectivity index (χ4v) is 1.55. The summed E-state index contributed by atoms with van der Waals surface area (Å²) >= 11 is 0. The van der Waals surface area contributed by atoms with Gasteiger partial charge in [0, 0.05) is 12.1 Å². The number of nitrogens with zero attached hydrogens (tertiary/aromatic N) is 1. The van der Waals surface area contributed by atoms with Crippen molar-refractivity contribution in [2.24, 2.45) is 0 Å².